The monoisotopic (exact) mass is 1170 g/mol. The van der Waals surface area contributed by atoms with Gasteiger partial charge in [0, 0.05) is 6.42 Å². The van der Waals surface area contributed by atoms with E-state index >= 15 is 0 Å². The van der Waals surface area contributed by atoms with Crippen molar-refractivity contribution in [3.05, 3.63) is 120 Å². The minimum atomic E-state index is -5.52. The summed E-state index contributed by atoms with van der Waals surface area (Å²) in [7, 11) is -10.8. The van der Waals surface area contributed by atoms with Crippen LogP contribution >= 0.6 is 0 Å². The van der Waals surface area contributed by atoms with Crippen molar-refractivity contribution in [3.63, 3.8) is 0 Å². The molecular formula is C61H89NO17S2. The van der Waals surface area contributed by atoms with Gasteiger partial charge < -0.3 is 29.0 Å². The highest BCUT2D eigenvalue weighted by atomic mass is 32.3. The number of ether oxygens (including phenoxy) is 5. The number of nitrogens with one attached hydrogen (secondary N) is 1. The van der Waals surface area contributed by atoms with E-state index < -0.39 is 101 Å². The molecule has 18 nitrogen and oxygen atoms in total. The highest BCUT2D eigenvalue weighted by molar-refractivity contribution is 7.81. The predicted molar refractivity (Wildman–Crippen MR) is 308 cm³/mol. The highest BCUT2D eigenvalue weighted by Gasteiger charge is 2.54. The lowest BCUT2D eigenvalue weighted by molar-refractivity contribution is -0.296. The molecule has 4 rings (SSSR count). The van der Waals surface area contributed by atoms with E-state index in [1.54, 1.807) is 48.5 Å². The number of benzene rings is 3. The zero-order valence-corrected chi connectivity index (χ0v) is 49.1. The Kier molecular flexibility index (Phi) is 33.3. The second kappa shape index (κ2) is 39.4. The van der Waals surface area contributed by atoms with Crippen LogP contribution in [-0.4, -0.2) is 106 Å². The topological polar surface area (TPSA) is 254 Å². The van der Waals surface area contributed by atoms with Crippen molar-refractivity contribution in [3.8, 4) is 0 Å². The van der Waals surface area contributed by atoms with E-state index in [1.165, 1.54) is 145 Å². The van der Waals surface area contributed by atoms with Gasteiger partial charge in [-0.15, -0.1) is 0 Å². The average molecular weight is 1170 g/mol. The lowest BCUT2D eigenvalue weighted by Gasteiger charge is -2.44. The third-order valence-electron chi connectivity index (χ3n) is 14.0. The van der Waals surface area contributed by atoms with Crippen LogP contribution in [0.3, 0.4) is 0 Å². The van der Waals surface area contributed by atoms with E-state index in [0.717, 1.165) is 51.4 Å². The molecule has 7 atom stereocenters. The fraction of sp³-hybridized carbons (Fsp3) is 0.607. The second-order valence-corrected chi connectivity index (χ2v) is 22.8. The number of esters is 3. The number of carbonyl (C=O) groups is 4. The van der Waals surface area contributed by atoms with Crippen molar-refractivity contribution < 1.29 is 77.2 Å². The number of amides is 1. The Labute approximate surface area is 481 Å². The molecule has 20 heteroatoms. The van der Waals surface area contributed by atoms with E-state index in [9.17, 15) is 45.1 Å². The second-order valence-electron chi connectivity index (χ2n) is 20.7. The Morgan fingerprint density at radius 3 is 1.41 bits per heavy atom. The van der Waals surface area contributed by atoms with E-state index in [4.69, 9.17) is 27.9 Å². The van der Waals surface area contributed by atoms with Crippen molar-refractivity contribution in [2.24, 2.45) is 0 Å². The van der Waals surface area contributed by atoms with E-state index in [2.05, 4.69) is 23.3 Å². The van der Waals surface area contributed by atoms with Crippen LogP contribution in [0.1, 0.15) is 212 Å². The van der Waals surface area contributed by atoms with Gasteiger partial charge in [-0.05, 0) is 61.7 Å². The highest BCUT2D eigenvalue weighted by Crippen LogP contribution is 2.32. The molecule has 0 spiro atoms. The molecule has 0 aromatic heterocycles. The van der Waals surface area contributed by atoms with Gasteiger partial charge in [0.15, 0.2) is 18.5 Å². The van der Waals surface area contributed by atoms with Gasteiger partial charge in [-0.1, -0.05) is 216 Å². The van der Waals surface area contributed by atoms with Crippen LogP contribution in [0.25, 0.3) is 0 Å². The standard InChI is InChI=1S/C61H89NO17S2/c1-3-5-7-9-11-13-15-17-19-21-23-25-36-44-52(75-58(64)48-38-30-27-31-39-48)51(62-54(63)45-37-26-24-22-20-18-16-14-12-10-8-6-4-2)46-73-61-57(78-60(66)50-42-34-29-35-43-50)56(77-59(65)49-40-32-28-33-41-49)55(79-81(70,71)72)53(76-61)47-74-80(67,68)69/h27-36,38-44,51-53,55-57,61H,3-26,37,45-47H2,1-2H3,(H,62,63)(H,67,68,69)(H,70,71,72)/b44-36+/t51-,52+,53+,55-,56-,57+,61-/m0/s1. The van der Waals surface area contributed by atoms with Gasteiger partial charge in [-0.2, -0.15) is 16.8 Å². The van der Waals surface area contributed by atoms with Gasteiger partial charge in [0.05, 0.1) is 35.9 Å². The summed E-state index contributed by atoms with van der Waals surface area (Å²) in [6, 6.07) is 21.9. The maximum atomic E-state index is 14.1. The predicted octanol–water partition coefficient (Wildman–Crippen LogP) is 12.6. The van der Waals surface area contributed by atoms with Gasteiger partial charge in [0.25, 0.3) is 0 Å². The zero-order valence-electron chi connectivity index (χ0n) is 47.5. The number of hydrogen-bond donors (Lipinski definition) is 3. The van der Waals surface area contributed by atoms with Crippen LogP contribution in [0, 0.1) is 0 Å². The maximum Gasteiger partial charge on any atom is 0.397 e. The van der Waals surface area contributed by atoms with Crippen molar-refractivity contribution in [1.29, 1.82) is 0 Å². The molecule has 3 N–H and O–H groups in total. The van der Waals surface area contributed by atoms with Crippen LogP contribution in [0.5, 0.6) is 0 Å². The Morgan fingerprint density at radius 2 is 0.963 bits per heavy atom. The molecule has 0 aliphatic carbocycles. The molecule has 0 unspecified atom stereocenters. The van der Waals surface area contributed by atoms with Crippen LogP contribution in [0.2, 0.25) is 0 Å². The smallest absolute Gasteiger partial charge is 0.397 e. The zero-order chi connectivity index (χ0) is 58.6. The molecule has 1 saturated heterocycles. The van der Waals surface area contributed by atoms with Gasteiger partial charge in [0.2, 0.25) is 5.91 Å². The van der Waals surface area contributed by atoms with Crippen LogP contribution < -0.4 is 5.32 Å². The maximum absolute atomic E-state index is 14.1. The summed E-state index contributed by atoms with van der Waals surface area (Å²) in [6.45, 7) is 2.60. The van der Waals surface area contributed by atoms with Gasteiger partial charge in [0.1, 0.15) is 18.3 Å². The molecule has 3 aromatic rings. The van der Waals surface area contributed by atoms with Crippen molar-refractivity contribution >= 4 is 44.6 Å². The quantitative estimate of drug-likeness (QED) is 0.0156. The molecule has 1 heterocycles. The van der Waals surface area contributed by atoms with Crippen LogP contribution in [-0.2, 0) is 57.6 Å². The Balaban J connectivity index is 1.66. The van der Waals surface area contributed by atoms with Crippen LogP contribution in [0.4, 0.5) is 0 Å². The molecule has 0 bridgehead atoms. The molecule has 1 aliphatic rings. The minimum absolute atomic E-state index is 0.0254. The SMILES string of the molecule is CCCCCCCCCCCCC/C=C/[C@@H](OC(=O)c1ccccc1)[C@H](CO[C@H]1O[C@H](COS(=O)(=O)O)[C@H](OS(=O)(=O)O)[C@H](OC(=O)c2ccccc2)[C@H]1OC(=O)c1ccccc1)NC(=O)CCCCCCCCCCCCCCC. The molecular weight excluding hydrogens is 1080 g/mol. The first-order valence-corrected chi connectivity index (χ1v) is 32.1. The lowest BCUT2D eigenvalue weighted by Crippen LogP contribution is -2.63. The minimum Gasteiger partial charge on any atom is -0.452 e. The average Bonchev–Trinajstić information content (AvgIpc) is 3.49. The molecule has 0 saturated carbocycles. The molecule has 0 radical (unpaired) electrons. The third-order valence-corrected chi connectivity index (χ3v) is 14.9. The first kappa shape index (κ1) is 68.4. The number of carbonyl (C=O) groups excluding carboxylic acids is 4. The van der Waals surface area contributed by atoms with Crippen molar-refractivity contribution in [2.75, 3.05) is 13.2 Å². The van der Waals surface area contributed by atoms with Gasteiger partial charge in [-0.25, -0.2) is 22.7 Å². The summed E-state index contributed by atoms with van der Waals surface area (Å²) in [5, 5.41) is 2.98. The number of hydrogen-bond acceptors (Lipinski definition) is 15. The summed E-state index contributed by atoms with van der Waals surface area (Å²) in [5.41, 5.74) is 0.125. The number of unbranched alkanes of at least 4 members (excludes halogenated alkanes) is 23. The fourth-order valence-corrected chi connectivity index (χ4v) is 10.3. The van der Waals surface area contributed by atoms with Crippen molar-refractivity contribution in [1.82, 2.24) is 5.32 Å². The van der Waals surface area contributed by atoms with Crippen molar-refractivity contribution in [2.45, 2.75) is 224 Å². The first-order valence-electron chi connectivity index (χ1n) is 29.4. The fourth-order valence-electron chi connectivity index (χ4n) is 9.53. The molecule has 1 amide bonds. The van der Waals surface area contributed by atoms with E-state index in [1.807, 2.05) is 6.08 Å². The Hall–Kier alpha value is -5.06. The van der Waals surface area contributed by atoms with E-state index in [0.29, 0.717) is 12.8 Å². The number of rotatable bonds is 43. The van der Waals surface area contributed by atoms with Crippen LogP contribution in [0.15, 0.2) is 103 Å². The Bertz CT molecular complexity index is 2480. The molecule has 3 aromatic carbocycles. The summed E-state index contributed by atoms with van der Waals surface area (Å²) >= 11 is 0. The summed E-state index contributed by atoms with van der Waals surface area (Å²) in [5.74, 6) is -3.30. The summed E-state index contributed by atoms with van der Waals surface area (Å²) < 4.78 is 109. The molecule has 81 heavy (non-hydrogen) atoms. The molecule has 1 fully saturated rings. The van der Waals surface area contributed by atoms with Gasteiger partial charge in [-0.3, -0.25) is 13.9 Å². The third kappa shape index (κ3) is 29.2. The number of allylic oxidation sites excluding steroid dienone is 1. The van der Waals surface area contributed by atoms with E-state index in [-0.39, 0.29) is 23.1 Å². The normalized spacial score (nSPS) is 18.2. The Morgan fingerprint density at radius 1 is 0.543 bits per heavy atom. The largest absolute Gasteiger partial charge is 0.452 e. The lowest BCUT2D eigenvalue weighted by atomic mass is 9.98. The molecule has 1 aliphatic heterocycles. The van der Waals surface area contributed by atoms with Gasteiger partial charge >= 0.3 is 38.7 Å². The summed E-state index contributed by atoms with van der Waals surface area (Å²) in [4.78, 5) is 55.8. The summed E-state index contributed by atoms with van der Waals surface area (Å²) in [6.07, 6.45) is 19.8. The first-order chi connectivity index (χ1) is 39.1. The molecule has 452 valence electrons.